The first kappa shape index (κ1) is 25.2. The highest BCUT2D eigenvalue weighted by Gasteiger charge is 2.08. The molecule has 0 unspecified atom stereocenters. The van der Waals surface area contributed by atoms with E-state index in [2.05, 4.69) is 18.8 Å². The van der Waals surface area contributed by atoms with Crippen molar-refractivity contribution >= 4 is 0 Å². The summed E-state index contributed by atoms with van der Waals surface area (Å²) < 4.78 is 25.8. The van der Waals surface area contributed by atoms with Gasteiger partial charge in [0, 0.05) is 11.8 Å². The van der Waals surface area contributed by atoms with Gasteiger partial charge in [-0.05, 0) is 36.6 Å². The van der Waals surface area contributed by atoms with Crippen LogP contribution in [0.1, 0.15) is 90.9 Å². The summed E-state index contributed by atoms with van der Waals surface area (Å²) in [7, 11) is 0. The molecule has 0 aliphatic carbocycles. The third kappa shape index (κ3) is 10.2. The molecule has 0 atom stereocenters. The van der Waals surface area contributed by atoms with Gasteiger partial charge in [-0.2, -0.15) is 0 Å². The number of pyridine rings is 1. The summed E-state index contributed by atoms with van der Waals surface area (Å²) in [6, 6.07) is 9.27. The van der Waals surface area contributed by atoms with E-state index in [1.165, 1.54) is 63.9 Å². The number of unbranched alkanes of at least 4 members (excludes halogenated alkanes) is 10. The number of hydrogen-bond acceptors (Lipinski definition) is 3. The molecule has 0 bridgehead atoms. The highest BCUT2D eigenvalue weighted by molar-refractivity contribution is 5.63. The zero-order valence-electron chi connectivity index (χ0n) is 19.5. The summed E-state index contributed by atoms with van der Waals surface area (Å²) in [6.07, 6.45) is 16.2. The number of halogens is 1. The van der Waals surface area contributed by atoms with Crippen molar-refractivity contribution in [2.45, 2.75) is 90.9 Å². The van der Waals surface area contributed by atoms with Crippen molar-refractivity contribution in [3.63, 3.8) is 0 Å². The average molecular weight is 430 g/mol. The molecule has 0 aliphatic rings. The van der Waals surface area contributed by atoms with Crippen molar-refractivity contribution in [2.75, 3.05) is 13.2 Å². The second kappa shape index (κ2) is 15.7. The van der Waals surface area contributed by atoms with E-state index in [9.17, 15) is 4.39 Å². The molecule has 31 heavy (non-hydrogen) atoms. The first-order valence-electron chi connectivity index (χ1n) is 12.3. The standard InChI is InChI=1S/C27H40FNO2/c1-3-5-7-9-11-13-19-30-25-17-15-23(16-18-25)24-21-26(28)27(29-22-24)31-20-14-12-10-8-6-4-2/h15-18,21-22H,3-14,19-20H2,1-2H3. The lowest BCUT2D eigenvalue weighted by Gasteiger charge is -2.09. The third-order valence-corrected chi connectivity index (χ3v) is 5.50. The Morgan fingerprint density at radius 3 is 1.81 bits per heavy atom. The fraction of sp³-hybridized carbons (Fsp3) is 0.593. The molecule has 0 amide bonds. The number of hydrogen-bond donors (Lipinski definition) is 0. The highest BCUT2D eigenvalue weighted by Crippen LogP contribution is 2.25. The molecule has 2 aromatic rings. The molecule has 3 nitrogen and oxygen atoms in total. The molecule has 4 heteroatoms. The Morgan fingerprint density at radius 2 is 1.23 bits per heavy atom. The smallest absolute Gasteiger partial charge is 0.250 e. The summed E-state index contributed by atoms with van der Waals surface area (Å²) in [5.74, 6) is 0.535. The Hall–Kier alpha value is -2.10. The maximum Gasteiger partial charge on any atom is 0.250 e. The van der Waals surface area contributed by atoms with Gasteiger partial charge in [-0.25, -0.2) is 9.37 Å². The van der Waals surface area contributed by atoms with Crippen LogP contribution in [0.25, 0.3) is 11.1 Å². The van der Waals surface area contributed by atoms with E-state index in [0.29, 0.717) is 6.61 Å². The molecule has 1 heterocycles. The lowest BCUT2D eigenvalue weighted by atomic mass is 10.1. The van der Waals surface area contributed by atoms with E-state index < -0.39 is 5.82 Å². The van der Waals surface area contributed by atoms with Crippen LogP contribution in [0.5, 0.6) is 11.6 Å². The Morgan fingerprint density at radius 1 is 0.677 bits per heavy atom. The van der Waals surface area contributed by atoms with Gasteiger partial charge in [-0.1, -0.05) is 90.2 Å². The Balaban J connectivity index is 1.73. The van der Waals surface area contributed by atoms with Crippen molar-refractivity contribution in [3.8, 4) is 22.8 Å². The van der Waals surface area contributed by atoms with Gasteiger partial charge < -0.3 is 9.47 Å². The molecule has 0 N–H and O–H groups in total. The summed E-state index contributed by atoms with van der Waals surface area (Å²) in [4.78, 5) is 4.19. The zero-order chi connectivity index (χ0) is 22.2. The van der Waals surface area contributed by atoms with Crippen molar-refractivity contribution in [1.82, 2.24) is 4.98 Å². The maximum atomic E-state index is 14.4. The van der Waals surface area contributed by atoms with E-state index in [1.807, 2.05) is 24.3 Å². The van der Waals surface area contributed by atoms with Crippen LogP contribution in [0.4, 0.5) is 4.39 Å². The maximum absolute atomic E-state index is 14.4. The molecule has 0 aliphatic heterocycles. The zero-order valence-corrected chi connectivity index (χ0v) is 19.5. The highest BCUT2D eigenvalue weighted by atomic mass is 19.1. The van der Waals surface area contributed by atoms with Crippen molar-refractivity contribution in [2.24, 2.45) is 0 Å². The van der Waals surface area contributed by atoms with Crippen LogP contribution in [0.2, 0.25) is 0 Å². The van der Waals surface area contributed by atoms with Gasteiger partial charge in [0.1, 0.15) is 5.75 Å². The minimum atomic E-state index is -0.410. The minimum Gasteiger partial charge on any atom is -0.494 e. The molecule has 0 saturated heterocycles. The molecule has 1 aromatic carbocycles. The summed E-state index contributed by atoms with van der Waals surface area (Å²) in [6.45, 7) is 5.70. The molecule has 0 spiro atoms. The monoisotopic (exact) mass is 429 g/mol. The second-order valence-electron chi connectivity index (χ2n) is 8.27. The Bertz CT molecular complexity index is 718. The van der Waals surface area contributed by atoms with Crippen molar-refractivity contribution in [1.29, 1.82) is 0 Å². The lowest BCUT2D eigenvalue weighted by molar-refractivity contribution is 0.278. The van der Waals surface area contributed by atoms with Gasteiger partial charge in [0.25, 0.3) is 0 Å². The molecular formula is C27H40FNO2. The van der Waals surface area contributed by atoms with Crippen LogP contribution in [-0.2, 0) is 0 Å². The third-order valence-electron chi connectivity index (χ3n) is 5.50. The first-order valence-corrected chi connectivity index (χ1v) is 12.3. The van der Waals surface area contributed by atoms with Gasteiger partial charge in [0.2, 0.25) is 5.88 Å². The predicted molar refractivity (Wildman–Crippen MR) is 127 cm³/mol. The largest absolute Gasteiger partial charge is 0.494 e. The number of nitrogens with zero attached hydrogens (tertiary/aromatic N) is 1. The number of aromatic nitrogens is 1. The van der Waals surface area contributed by atoms with E-state index in [0.717, 1.165) is 42.7 Å². The van der Waals surface area contributed by atoms with Crippen molar-refractivity contribution < 1.29 is 13.9 Å². The van der Waals surface area contributed by atoms with Gasteiger partial charge in [-0.15, -0.1) is 0 Å². The number of rotatable bonds is 17. The van der Waals surface area contributed by atoms with Gasteiger partial charge in [-0.3, -0.25) is 0 Å². The van der Waals surface area contributed by atoms with Crippen LogP contribution < -0.4 is 9.47 Å². The molecule has 2 rings (SSSR count). The fourth-order valence-corrected chi connectivity index (χ4v) is 3.56. The van der Waals surface area contributed by atoms with Crippen LogP contribution in [0, 0.1) is 5.82 Å². The second-order valence-corrected chi connectivity index (χ2v) is 8.27. The fourth-order valence-electron chi connectivity index (χ4n) is 3.56. The predicted octanol–water partition coefficient (Wildman–Crippen LogP) is 8.37. The molecule has 0 saturated carbocycles. The van der Waals surface area contributed by atoms with E-state index in [4.69, 9.17) is 9.47 Å². The van der Waals surface area contributed by atoms with Crippen LogP contribution >= 0.6 is 0 Å². The SMILES string of the molecule is CCCCCCCCOc1ccc(-c2cnc(OCCCCCCCC)c(F)c2)cc1. The molecule has 1 aromatic heterocycles. The summed E-state index contributed by atoms with van der Waals surface area (Å²) >= 11 is 0. The molecule has 0 fully saturated rings. The quantitative estimate of drug-likeness (QED) is 0.237. The van der Waals surface area contributed by atoms with Crippen LogP contribution in [0.3, 0.4) is 0 Å². The average Bonchev–Trinajstić information content (AvgIpc) is 2.79. The van der Waals surface area contributed by atoms with Crippen molar-refractivity contribution in [3.05, 3.63) is 42.3 Å². The van der Waals surface area contributed by atoms with Crippen LogP contribution in [0.15, 0.2) is 36.5 Å². The Labute approximate surface area is 188 Å². The van der Waals surface area contributed by atoms with Crippen LogP contribution in [-0.4, -0.2) is 18.2 Å². The molecule has 0 radical (unpaired) electrons. The summed E-state index contributed by atoms with van der Waals surface area (Å²) in [5, 5.41) is 0. The Kier molecular flexibility index (Phi) is 12.7. The number of benzene rings is 1. The topological polar surface area (TPSA) is 31.4 Å². The number of ether oxygens (including phenoxy) is 2. The minimum absolute atomic E-state index is 0.0937. The van der Waals surface area contributed by atoms with E-state index >= 15 is 0 Å². The lowest BCUT2D eigenvalue weighted by Crippen LogP contribution is -2.01. The van der Waals surface area contributed by atoms with Gasteiger partial charge >= 0.3 is 0 Å². The van der Waals surface area contributed by atoms with Gasteiger partial charge in [0.15, 0.2) is 5.82 Å². The van der Waals surface area contributed by atoms with E-state index in [1.54, 1.807) is 6.20 Å². The molecular weight excluding hydrogens is 389 g/mol. The normalized spacial score (nSPS) is 10.9. The summed E-state index contributed by atoms with van der Waals surface area (Å²) in [5.41, 5.74) is 1.66. The van der Waals surface area contributed by atoms with E-state index in [-0.39, 0.29) is 5.88 Å². The first-order chi connectivity index (χ1) is 15.2. The molecule has 172 valence electrons. The van der Waals surface area contributed by atoms with Gasteiger partial charge in [0.05, 0.1) is 13.2 Å².